The molecule has 4 atom stereocenters. The van der Waals surface area contributed by atoms with Crippen molar-refractivity contribution < 1.29 is 44.1 Å². The Morgan fingerprint density at radius 3 is 1.49 bits per heavy atom. The number of carboxylic acids is 3. The van der Waals surface area contributed by atoms with Gasteiger partial charge in [-0.25, -0.2) is 4.79 Å². The fraction of sp³-hybridized carbons (Fsp3) is 0.714. The van der Waals surface area contributed by atoms with E-state index >= 15 is 0 Å². The third-order valence-corrected chi connectivity index (χ3v) is 5.14. The van der Waals surface area contributed by atoms with Gasteiger partial charge in [0.2, 0.25) is 17.7 Å². The number of carbonyl (C=O) groups excluding carboxylic acids is 3. The van der Waals surface area contributed by atoms with Crippen molar-refractivity contribution >= 4 is 35.6 Å². The molecule has 35 heavy (non-hydrogen) atoms. The van der Waals surface area contributed by atoms with Crippen LogP contribution in [-0.4, -0.2) is 81.7 Å². The summed E-state index contributed by atoms with van der Waals surface area (Å²) >= 11 is 0. The Balaban J connectivity index is 5.59. The number of amides is 3. The minimum atomic E-state index is -1.45. The molecule has 0 saturated carbocycles. The topological polar surface area (TPSA) is 251 Å². The molecule has 0 aromatic heterocycles. The minimum absolute atomic E-state index is 0.0717. The molecule has 0 fully saturated rings. The maximum atomic E-state index is 12.9. The molecule has 0 spiro atoms. The summed E-state index contributed by atoms with van der Waals surface area (Å²) in [5.74, 6) is -6.64. The SMILES string of the molecule is CC(C)C(N)C(=O)NC(CCC(=O)O)C(=O)NC(CCC(=O)O)C(=O)NC(CCCCN)C(=O)O. The van der Waals surface area contributed by atoms with E-state index in [2.05, 4.69) is 16.0 Å². The van der Waals surface area contributed by atoms with E-state index in [1.54, 1.807) is 13.8 Å². The zero-order chi connectivity index (χ0) is 27.1. The fourth-order valence-corrected chi connectivity index (χ4v) is 2.94. The van der Waals surface area contributed by atoms with Crippen molar-refractivity contribution in [2.75, 3.05) is 6.54 Å². The van der Waals surface area contributed by atoms with Gasteiger partial charge in [-0.3, -0.25) is 24.0 Å². The Labute approximate surface area is 203 Å². The van der Waals surface area contributed by atoms with Crippen LogP contribution < -0.4 is 27.4 Å². The first-order valence-corrected chi connectivity index (χ1v) is 11.3. The number of rotatable bonds is 18. The predicted octanol–water partition coefficient (Wildman–Crippen LogP) is -1.63. The predicted molar refractivity (Wildman–Crippen MR) is 123 cm³/mol. The molecule has 0 heterocycles. The van der Waals surface area contributed by atoms with Gasteiger partial charge in [0.05, 0.1) is 6.04 Å². The highest BCUT2D eigenvalue weighted by molar-refractivity contribution is 5.94. The third-order valence-electron chi connectivity index (χ3n) is 5.14. The maximum absolute atomic E-state index is 12.9. The molecule has 10 N–H and O–H groups in total. The van der Waals surface area contributed by atoms with Crippen molar-refractivity contribution in [3.63, 3.8) is 0 Å². The van der Waals surface area contributed by atoms with E-state index in [-0.39, 0.29) is 25.2 Å². The summed E-state index contributed by atoms with van der Waals surface area (Å²) in [5.41, 5.74) is 11.2. The molecule has 0 saturated heterocycles. The van der Waals surface area contributed by atoms with E-state index in [0.717, 1.165) is 0 Å². The van der Waals surface area contributed by atoms with Crippen molar-refractivity contribution in [2.24, 2.45) is 17.4 Å². The van der Waals surface area contributed by atoms with Crippen LogP contribution in [0, 0.1) is 5.92 Å². The van der Waals surface area contributed by atoms with Crippen LogP contribution in [0.15, 0.2) is 0 Å². The molecule has 0 rings (SSSR count). The molecule has 14 heteroatoms. The lowest BCUT2D eigenvalue weighted by atomic mass is 10.0. The molecule has 14 nitrogen and oxygen atoms in total. The van der Waals surface area contributed by atoms with Crippen LogP contribution in [0.5, 0.6) is 0 Å². The van der Waals surface area contributed by atoms with E-state index in [1.165, 1.54) is 0 Å². The van der Waals surface area contributed by atoms with Crippen LogP contribution in [0.3, 0.4) is 0 Å². The zero-order valence-corrected chi connectivity index (χ0v) is 20.0. The second-order valence-corrected chi connectivity index (χ2v) is 8.44. The summed E-state index contributed by atoms with van der Waals surface area (Å²) in [6.45, 7) is 3.69. The van der Waals surface area contributed by atoms with Crippen molar-refractivity contribution in [2.45, 2.75) is 83.0 Å². The first-order chi connectivity index (χ1) is 16.3. The van der Waals surface area contributed by atoms with Gasteiger partial charge in [0.15, 0.2) is 0 Å². The first-order valence-electron chi connectivity index (χ1n) is 11.3. The monoisotopic (exact) mass is 503 g/mol. The van der Waals surface area contributed by atoms with E-state index < -0.39 is 72.6 Å². The third kappa shape index (κ3) is 13.3. The standard InChI is InChI=1S/C21H37N5O9/c1-11(2)17(23)20(33)25-13(7-9-16(29)30)18(31)24-12(6-8-15(27)28)19(32)26-14(21(34)35)5-3-4-10-22/h11-14,17H,3-10,22-23H2,1-2H3,(H,24,31)(H,25,33)(H,26,32)(H,27,28)(H,29,30)(H,34,35). The molecule has 0 bridgehead atoms. The molecule has 0 radical (unpaired) electrons. The summed E-state index contributed by atoms with van der Waals surface area (Å²) in [7, 11) is 0. The van der Waals surface area contributed by atoms with Crippen molar-refractivity contribution in [3.05, 3.63) is 0 Å². The number of hydrogen-bond donors (Lipinski definition) is 8. The quantitative estimate of drug-likeness (QED) is 0.0985. The molecular weight excluding hydrogens is 466 g/mol. The number of aliphatic carboxylic acids is 3. The summed E-state index contributed by atoms with van der Waals surface area (Å²) in [5, 5.41) is 34.3. The average Bonchev–Trinajstić information content (AvgIpc) is 2.77. The largest absolute Gasteiger partial charge is 0.481 e. The Morgan fingerprint density at radius 2 is 1.11 bits per heavy atom. The van der Waals surface area contributed by atoms with Crippen LogP contribution in [0.1, 0.15) is 58.8 Å². The highest BCUT2D eigenvalue weighted by atomic mass is 16.4. The average molecular weight is 504 g/mol. The Kier molecular flexibility index (Phi) is 14.9. The lowest BCUT2D eigenvalue weighted by Gasteiger charge is -2.25. The molecule has 4 unspecified atom stereocenters. The van der Waals surface area contributed by atoms with E-state index in [0.29, 0.717) is 19.4 Å². The van der Waals surface area contributed by atoms with Crippen molar-refractivity contribution in [1.29, 1.82) is 0 Å². The first kappa shape index (κ1) is 31.7. The van der Waals surface area contributed by atoms with Crippen molar-refractivity contribution in [3.8, 4) is 0 Å². The van der Waals surface area contributed by atoms with Crippen LogP contribution in [0.4, 0.5) is 0 Å². The number of carbonyl (C=O) groups is 6. The summed E-state index contributed by atoms with van der Waals surface area (Å²) in [4.78, 5) is 71.4. The van der Waals surface area contributed by atoms with E-state index in [4.69, 9.17) is 21.7 Å². The lowest BCUT2D eigenvalue weighted by molar-refractivity contribution is -0.143. The van der Waals surface area contributed by atoms with Gasteiger partial charge in [-0.1, -0.05) is 13.8 Å². The minimum Gasteiger partial charge on any atom is -0.481 e. The molecule has 0 aromatic carbocycles. The van der Waals surface area contributed by atoms with Crippen LogP contribution in [0.25, 0.3) is 0 Å². The second-order valence-electron chi connectivity index (χ2n) is 8.44. The Bertz CT molecular complexity index is 759. The van der Waals surface area contributed by atoms with Crippen LogP contribution in [-0.2, 0) is 28.8 Å². The van der Waals surface area contributed by atoms with Crippen LogP contribution in [0.2, 0.25) is 0 Å². The molecule has 200 valence electrons. The van der Waals surface area contributed by atoms with Gasteiger partial charge in [0, 0.05) is 12.8 Å². The zero-order valence-electron chi connectivity index (χ0n) is 20.0. The number of nitrogens with one attached hydrogen (secondary N) is 3. The molecule has 0 aliphatic rings. The van der Waals surface area contributed by atoms with Crippen molar-refractivity contribution in [1.82, 2.24) is 16.0 Å². The van der Waals surface area contributed by atoms with Crippen LogP contribution >= 0.6 is 0 Å². The summed E-state index contributed by atoms with van der Waals surface area (Å²) in [6.07, 6.45) is -0.671. The normalized spacial score (nSPS) is 14.3. The number of hydrogen-bond acceptors (Lipinski definition) is 8. The van der Waals surface area contributed by atoms with Gasteiger partial charge in [0.25, 0.3) is 0 Å². The van der Waals surface area contributed by atoms with Gasteiger partial charge in [-0.15, -0.1) is 0 Å². The van der Waals surface area contributed by atoms with Gasteiger partial charge < -0.3 is 42.7 Å². The highest BCUT2D eigenvalue weighted by Gasteiger charge is 2.31. The number of carboxylic acid groups (broad SMARTS) is 3. The highest BCUT2D eigenvalue weighted by Crippen LogP contribution is 2.07. The maximum Gasteiger partial charge on any atom is 0.326 e. The van der Waals surface area contributed by atoms with Gasteiger partial charge >= 0.3 is 17.9 Å². The molecule has 0 aliphatic carbocycles. The number of nitrogens with two attached hydrogens (primary N) is 2. The molecule has 0 aliphatic heterocycles. The van der Waals surface area contributed by atoms with Gasteiger partial charge in [-0.2, -0.15) is 0 Å². The Morgan fingerprint density at radius 1 is 0.686 bits per heavy atom. The summed E-state index contributed by atoms with van der Waals surface area (Å²) in [6, 6.07) is -5.09. The molecule has 3 amide bonds. The lowest BCUT2D eigenvalue weighted by Crippen LogP contribution is -2.57. The van der Waals surface area contributed by atoms with Gasteiger partial charge in [0.1, 0.15) is 18.1 Å². The number of unbranched alkanes of at least 4 members (excludes halogenated alkanes) is 1. The Hall–Kier alpha value is -3.26. The summed E-state index contributed by atoms with van der Waals surface area (Å²) < 4.78 is 0. The van der Waals surface area contributed by atoms with E-state index in [9.17, 15) is 33.9 Å². The smallest absolute Gasteiger partial charge is 0.326 e. The second kappa shape index (κ2) is 16.4. The molecule has 0 aromatic rings. The molecular formula is C21H37N5O9. The van der Waals surface area contributed by atoms with Gasteiger partial charge in [-0.05, 0) is 44.6 Å². The fourth-order valence-electron chi connectivity index (χ4n) is 2.94. The van der Waals surface area contributed by atoms with E-state index in [1.807, 2.05) is 0 Å².